The second-order valence-electron chi connectivity index (χ2n) is 5.67. The van der Waals surface area contributed by atoms with Gasteiger partial charge in [-0.15, -0.1) is 0 Å². The van der Waals surface area contributed by atoms with Crippen LogP contribution in [0.15, 0.2) is 65.6 Å². The van der Waals surface area contributed by atoms with Gasteiger partial charge in [-0.3, -0.25) is 19.8 Å². The number of para-hydroxylation sites is 2. The summed E-state index contributed by atoms with van der Waals surface area (Å²) < 4.78 is 7.21. The van der Waals surface area contributed by atoms with Crippen LogP contribution in [0, 0.1) is 0 Å². The highest BCUT2D eigenvalue weighted by atomic mass is 16.4. The van der Waals surface area contributed by atoms with Gasteiger partial charge >= 0.3 is 6.01 Å². The molecule has 7 heteroatoms. The molecule has 3 heterocycles. The van der Waals surface area contributed by atoms with E-state index in [0.29, 0.717) is 11.1 Å². The van der Waals surface area contributed by atoms with E-state index in [1.165, 1.54) is 6.08 Å². The van der Waals surface area contributed by atoms with Crippen LogP contribution in [0.1, 0.15) is 5.56 Å². The molecular weight excluding hydrogens is 330 g/mol. The van der Waals surface area contributed by atoms with E-state index in [0.717, 1.165) is 16.7 Å². The highest BCUT2D eigenvalue weighted by molar-refractivity contribution is 6.01. The lowest BCUT2D eigenvalue weighted by Gasteiger charge is -2.02. The molecule has 0 unspecified atom stereocenters. The number of rotatable bonds is 4. The number of carbonyl (C=O) groups is 1. The summed E-state index contributed by atoms with van der Waals surface area (Å²) in [6.45, 7) is 0. The Morgan fingerprint density at radius 3 is 2.92 bits per heavy atom. The zero-order valence-corrected chi connectivity index (χ0v) is 14.0. The Morgan fingerprint density at radius 2 is 2.12 bits per heavy atom. The fourth-order valence-electron chi connectivity index (χ4n) is 2.60. The van der Waals surface area contributed by atoms with Gasteiger partial charge in [-0.1, -0.05) is 12.1 Å². The van der Waals surface area contributed by atoms with Gasteiger partial charge in [0, 0.05) is 42.8 Å². The molecule has 4 aromatic rings. The van der Waals surface area contributed by atoms with Gasteiger partial charge in [-0.2, -0.15) is 10.1 Å². The van der Waals surface area contributed by atoms with Gasteiger partial charge in [-0.05, 0) is 29.8 Å². The Hall–Kier alpha value is -3.74. The molecular formula is C19H15N5O2. The Labute approximate surface area is 149 Å². The van der Waals surface area contributed by atoms with Gasteiger partial charge < -0.3 is 4.42 Å². The Kier molecular flexibility index (Phi) is 4.03. The molecule has 0 spiro atoms. The minimum absolute atomic E-state index is 0.166. The summed E-state index contributed by atoms with van der Waals surface area (Å²) in [4.78, 5) is 20.5. The average molecular weight is 345 g/mol. The molecule has 0 saturated heterocycles. The Balaban J connectivity index is 1.53. The topological polar surface area (TPSA) is 85.8 Å². The van der Waals surface area contributed by atoms with Crippen molar-refractivity contribution in [1.82, 2.24) is 19.7 Å². The number of fused-ring (bicyclic) bond motifs is 1. The molecule has 0 aliphatic carbocycles. The van der Waals surface area contributed by atoms with Crippen LogP contribution in [0.3, 0.4) is 0 Å². The minimum atomic E-state index is -0.336. The second kappa shape index (κ2) is 6.64. The van der Waals surface area contributed by atoms with Crippen molar-refractivity contribution in [3.63, 3.8) is 0 Å². The molecule has 7 nitrogen and oxygen atoms in total. The number of oxazole rings is 1. The number of pyridine rings is 1. The lowest BCUT2D eigenvalue weighted by atomic mass is 10.0. The summed E-state index contributed by atoms with van der Waals surface area (Å²) in [6, 6.07) is 9.37. The van der Waals surface area contributed by atoms with Crippen LogP contribution in [0.5, 0.6) is 0 Å². The maximum Gasteiger partial charge on any atom is 0.302 e. The molecule has 1 aromatic carbocycles. The van der Waals surface area contributed by atoms with Gasteiger partial charge in [-0.25, -0.2) is 0 Å². The number of anilines is 1. The number of carbonyl (C=O) groups excluding carboxylic acids is 1. The van der Waals surface area contributed by atoms with Crippen LogP contribution >= 0.6 is 0 Å². The fraction of sp³-hybridized carbons (Fsp3) is 0.0526. The number of hydrogen-bond donors (Lipinski definition) is 1. The smallest absolute Gasteiger partial charge is 0.302 e. The maximum atomic E-state index is 12.2. The summed E-state index contributed by atoms with van der Waals surface area (Å²) in [7, 11) is 1.86. The summed E-state index contributed by atoms with van der Waals surface area (Å²) in [5.41, 5.74) is 4.02. The van der Waals surface area contributed by atoms with Crippen LogP contribution in [0.25, 0.3) is 28.3 Å². The number of nitrogens with zero attached hydrogens (tertiary/aromatic N) is 4. The molecule has 26 heavy (non-hydrogen) atoms. The molecule has 128 valence electrons. The van der Waals surface area contributed by atoms with Crippen molar-refractivity contribution in [2.45, 2.75) is 0 Å². The molecule has 1 amide bonds. The van der Waals surface area contributed by atoms with Crippen molar-refractivity contribution < 1.29 is 9.21 Å². The monoisotopic (exact) mass is 345 g/mol. The van der Waals surface area contributed by atoms with Gasteiger partial charge in [0.25, 0.3) is 5.91 Å². The first-order valence-corrected chi connectivity index (χ1v) is 7.97. The van der Waals surface area contributed by atoms with E-state index >= 15 is 0 Å². The van der Waals surface area contributed by atoms with E-state index in [2.05, 4.69) is 20.4 Å². The lowest BCUT2D eigenvalue weighted by Crippen LogP contribution is -2.07. The van der Waals surface area contributed by atoms with E-state index in [1.54, 1.807) is 35.4 Å². The predicted octanol–water partition coefficient (Wildman–Crippen LogP) is 3.28. The maximum absolute atomic E-state index is 12.2. The van der Waals surface area contributed by atoms with Crippen molar-refractivity contribution in [3.05, 3.63) is 66.8 Å². The van der Waals surface area contributed by atoms with Gasteiger partial charge in [0.15, 0.2) is 5.58 Å². The first kappa shape index (κ1) is 15.8. The molecule has 3 aromatic heterocycles. The van der Waals surface area contributed by atoms with Crippen LogP contribution in [-0.2, 0) is 11.8 Å². The van der Waals surface area contributed by atoms with Crippen LogP contribution in [-0.4, -0.2) is 25.7 Å². The summed E-state index contributed by atoms with van der Waals surface area (Å²) >= 11 is 0. The molecule has 1 N–H and O–H groups in total. The van der Waals surface area contributed by atoms with E-state index < -0.39 is 0 Å². The molecule has 0 saturated carbocycles. The SMILES string of the molecule is Cn1cc(-c2ccncc2/C=C/C(=O)Nc2nc3ccccc3o2)cn1. The first-order chi connectivity index (χ1) is 12.7. The van der Waals surface area contributed by atoms with E-state index in [4.69, 9.17) is 4.42 Å². The third kappa shape index (κ3) is 3.23. The van der Waals surface area contributed by atoms with E-state index in [1.807, 2.05) is 37.5 Å². The predicted molar refractivity (Wildman–Crippen MR) is 98.1 cm³/mol. The second-order valence-corrected chi connectivity index (χ2v) is 5.67. The third-order valence-corrected chi connectivity index (χ3v) is 3.81. The van der Waals surface area contributed by atoms with Crippen LogP contribution < -0.4 is 5.32 Å². The molecule has 0 radical (unpaired) electrons. The van der Waals surface area contributed by atoms with Crippen LogP contribution in [0.4, 0.5) is 6.01 Å². The number of amides is 1. The number of aromatic nitrogens is 4. The highest BCUT2D eigenvalue weighted by Gasteiger charge is 2.08. The summed E-state index contributed by atoms with van der Waals surface area (Å²) in [5, 5.41) is 6.80. The van der Waals surface area contributed by atoms with Gasteiger partial charge in [0.1, 0.15) is 5.52 Å². The number of nitrogens with one attached hydrogen (secondary N) is 1. The van der Waals surface area contributed by atoms with Crippen molar-refractivity contribution in [1.29, 1.82) is 0 Å². The van der Waals surface area contributed by atoms with Crippen molar-refractivity contribution in [2.75, 3.05) is 5.32 Å². The Bertz CT molecular complexity index is 1080. The van der Waals surface area contributed by atoms with Crippen molar-refractivity contribution in [3.8, 4) is 11.1 Å². The Morgan fingerprint density at radius 1 is 1.23 bits per heavy atom. The quantitative estimate of drug-likeness (QED) is 0.574. The standard InChI is InChI=1S/C19H15N5O2/c1-24-12-14(11-21-24)15-8-9-20-10-13(15)6-7-18(25)23-19-22-16-4-2-3-5-17(16)26-19/h2-12H,1H3,(H,22,23,25)/b7-6+. The zero-order chi connectivity index (χ0) is 17.9. The molecule has 4 rings (SSSR count). The van der Waals surface area contributed by atoms with Gasteiger partial charge in [0.05, 0.1) is 6.20 Å². The molecule has 0 atom stereocenters. The average Bonchev–Trinajstić information content (AvgIpc) is 3.25. The summed E-state index contributed by atoms with van der Waals surface area (Å²) in [5.74, 6) is -0.336. The molecule has 0 fully saturated rings. The fourth-order valence-corrected chi connectivity index (χ4v) is 2.60. The zero-order valence-electron chi connectivity index (χ0n) is 14.0. The van der Waals surface area contributed by atoms with Crippen molar-refractivity contribution in [2.24, 2.45) is 7.05 Å². The highest BCUT2D eigenvalue weighted by Crippen LogP contribution is 2.23. The van der Waals surface area contributed by atoms with E-state index in [-0.39, 0.29) is 11.9 Å². The summed E-state index contributed by atoms with van der Waals surface area (Å²) in [6.07, 6.45) is 10.2. The normalized spacial score (nSPS) is 11.3. The minimum Gasteiger partial charge on any atom is -0.423 e. The van der Waals surface area contributed by atoms with Gasteiger partial charge in [0.2, 0.25) is 0 Å². The lowest BCUT2D eigenvalue weighted by molar-refractivity contribution is -0.112. The molecule has 0 aliphatic rings. The van der Waals surface area contributed by atoms with Crippen molar-refractivity contribution >= 4 is 29.1 Å². The largest absolute Gasteiger partial charge is 0.423 e. The van der Waals surface area contributed by atoms with E-state index in [9.17, 15) is 4.79 Å². The number of aryl methyl sites for hydroxylation is 1. The van der Waals surface area contributed by atoms with Crippen LogP contribution in [0.2, 0.25) is 0 Å². The third-order valence-electron chi connectivity index (χ3n) is 3.81. The number of hydrogen-bond acceptors (Lipinski definition) is 5. The first-order valence-electron chi connectivity index (χ1n) is 7.97. The molecule has 0 bridgehead atoms. The number of benzene rings is 1. The molecule has 0 aliphatic heterocycles.